The van der Waals surface area contributed by atoms with Crippen LogP contribution in [0.25, 0.3) is 22.1 Å². The van der Waals surface area contributed by atoms with Gasteiger partial charge in [0.25, 0.3) is 0 Å². The quantitative estimate of drug-likeness (QED) is 0.447. The van der Waals surface area contributed by atoms with Crippen molar-refractivity contribution in [2.45, 2.75) is 23.9 Å². The molecule has 4 aromatic rings. The molecule has 11 heteroatoms. The average molecular weight is 420 g/mol. The highest BCUT2D eigenvalue weighted by Gasteiger charge is 2.24. The van der Waals surface area contributed by atoms with E-state index in [0.29, 0.717) is 28.4 Å². The summed E-state index contributed by atoms with van der Waals surface area (Å²) in [4.78, 5) is 16.8. The Kier molecular flexibility index (Phi) is 5.05. The van der Waals surface area contributed by atoms with Crippen LogP contribution >= 0.6 is 34.4 Å². The number of rotatable bonds is 7. The van der Waals surface area contributed by atoms with Crippen LogP contribution in [-0.4, -0.2) is 36.0 Å². The van der Waals surface area contributed by atoms with Crippen LogP contribution in [0.5, 0.6) is 0 Å². The summed E-state index contributed by atoms with van der Waals surface area (Å²) in [5.41, 5.74) is 0.905. The number of aromatic nitrogens is 5. The second-order valence-corrected chi connectivity index (χ2v) is 8.15. The molecule has 0 radical (unpaired) electrons. The molecule has 138 valence electrons. The van der Waals surface area contributed by atoms with Crippen molar-refractivity contribution in [3.05, 3.63) is 40.2 Å². The number of hydrogen-bond donors (Lipinski definition) is 1. The first-order valence-corrected chi connectivity index (χ1v) is 10.6. The number of carboxylic acid groups (broad SMARTS) is 1. The van der Waals surface area contributed by atoms with E-state index in [1.807, 2.05) is 34.3 Å². The smallest absolute Gasteiger partial charge is 0.326 e. The summed E-state index contributed by atoms with van der Waals surface area (Å²) in [6.07, 6.45) is 0. The third kappa shape index (κ3) is 3.66. The molecule has 1 atom stereocenters. The summed E-state index contributed by atoms with van der Waals surface area (Å²) in [7, 11) is 0. The lowest BCUT2D eigenvalue weighted by Crippen LogP contribution is -2.17. The third-order valence-electron chi connectivity index (χ3n) is 3.72. The number of nitrogens with zero attached hydrogens (tertiary/aromatic N) is 5. The van der Waals surface area contributed by atoms with Gasteiger partial charge >= 0.3 is 5.97 Å². The van der Waals surface area contributed by atoms with Gasteiger partial charge in [-0.1, -0.05) is 23.0 Å². The normalized spacial score (nSPS) is 12.3. The zero-order chi connectivity index (χ0) is 18.8. The standard InChI is InChI=1S/C16H13N5O3S3/c1-9(15(22)23)21-14(11-3-2-5-26-11)18-19-16(21)27-8-12-17-13(20-24-12)10-4-6-25-7-10/h2-7,9H,8H2,1H3,(H,22,23). The van der Waals surface area contributed by atoms with E-state index in [0.717, 1.165) is 10.4 Å². The molecule has 0 bridgehead atoms. The number of thioether (sulfide) groups is 1. The fraction of sp³-hybridized carbons (Fsp3) is 0.188. The molecule has 8 nitrogen and oxygen atoms in total. The minimum Gasteiger partial charge on any atom is -0.480 e. The fourth-order valence-corrected chi connectivity index (χ4v) is 4.55. The third-order valence-corrected chi connectivity index (χ3v) is 6.20. The van der Waals surface area contributed by atoms with Gasteiger partial charge in [-0.15, -0.1) is 21.5 Å². The van der Waals surface area contributed by atoms with Crippen molar-refractivity contribution < 1.29 is 14.4 Å². The number of carboxylic acids is 1. The van der Waals surface area contributed by atoms with Gasteiger partial charge in [0.15, 0.2) is 11.0 Å². The van der Waals surface area contributed by atoms with Gasteiger partial charge in [-0.2, -0.15) is 16.3 Å². The number of thiophene rings is 2. The van der Waals surface area contributed by atoms with Crippen molar-refractivity contribution in [1.29, 1.82) is 0 Å². The summed E-state index contributed by atoms with van der Waals surface area (Å²) in [5.74, 6) is 0.924. The predicted octanol–water partition coefficient (Wildman–Crippen LogP) is 4.06. The number of aliphatic carboxylic acids is 1. The molecule has 4 rings (SSSR count). The Labute approximate surface area is 165 Å². The Bertz CT molecular complexity index is 1040. The van der Waals surface area contributed by atoms with E-state index in [2.05, 4.69) is 20.3 Å². The highest BCUT2D eigenvalue weighted by atomic mass is 32.2. The van der Waals surface area contributed by atoms with Crippen LogP contribution < -0.4 is 0 Å². The lowest BCUT2D eigenvalue weighted by atomic mass is 10.3. The van der Waals surface area contributed by atoms with Crippen LogP contribution in [0, 0.1) is 0 Å². The highest BCUT2D eigenvalue weighted by Crippen LogP contribution is 2.32. The summed E-state index contributed by atoms with van der Waals surface area (Å²) >= 11 is 4.36. The summed E-state index contributed by atoms with van der Waals surface area (Å²) in [6.45, 7) is 1.61. The van der Waals surface area contributed by atoms with Crippen molar-refractivity contribution in [3.8, 4) is 22.1 Å². The van der Waals surface area contributed by atoms with Crippen molar-refractivity contribution in [2.24, 2.45) is 0 Å². The van der Waals surface area contributed by atoms with Crippen molar-refractivity contribution in [2.75, 3.05) is 0 Å². The number of carbonyl (C=O) groups is 1. The molecule has 4 heterocycles. The molecule has 4 aromatic heterocycles. The summed E-state index contributed by atoms with van der Waals surface area (Å²) in [5, 5.41) is 28.1. The van der Waals surface area contributed by atoms with Gasteiger partial charge in [-0.25, -0.2) is 4.79 Å². The second-order valence-electron chi connectivity index (χ2n) is 5.48. The van der Waals surface area contributed by atoms with Gasteiger partial charge in [0.1, 0.15) is 6.04 Å². The molecule has 1 unspecified atom stereocenters. The Morgan fingerprint density at radius 1 is 1.37 bits per heavy atom. The van der Waals surface area contributed by atoms with Crippen molar-refractivity contribution >= 4 is 40.4 Å². The van der Waals surface area contributed by atoms with Crippen LogP contribution in [-0.2, 0) is 10.5 Å². The van der Waals surface area contributed by atoms with Gasteiger partial charge < -0.3 is 9.63 Å². The largest absolute Gasteiger partial charge is 0.480 e. The van der Waals surface area contributed by atoms with E-state index in [1.54, 1.807) is 22.8 Å². The van der Waals surface area contributed by atoms with Gasteiger partial charge in [-0.05, 0) is 29.8 Å². The molecule has 0 spiro atoms. The molecule has 0 saturated carbocycles. The first-order chi connectivity index (χ1) is 13.1. The van der Waals surface area contributed by atoms with E-state index in [1.165, 1.54) is 23.1 Å². The molecule has 0 aliphatic carbocycles. The molecule has 0 amide bonds. The van der Waals surface area contributed by atoms with Gasteiger partial charge in [-0.3, -0.25) is 4.57 Å². The zero-order valence-corrected chi connectivity index (χ0v) is 16.4. The van der Waals surface area contributed by atoms with Crippen LogP contribution in [0.15, 0.2) is 44.0 Å². The van der Waals surface area contributed by atoms with Crippen molar-refractivity contribution in [1.82, 2.24) is 24.9 Å². The summed E-state index contributed by atoms with van der Waals surface area (Å²) in [6, 6.07) is 4.90. The average Bonchev–Trinajstić information content (AvgIpc) is 3.46. The van der Waals surface area contributed by atoms with E-state index in [4.69, 9.17) is 4.52 Å². The zero-order valence-electron chi connectivity index (χ0n) is 14.0. The molecular formula is C16H13N5O3S3. The Hall–Kier alpha value is -2.50. The van der Waals surface area contributed by atoms with E-state index >= 15 is 0 Å². The Balaban J connectivity index is 1.58. The van der Waals surface area contributed by atoms with Gasteiger partial charge in [0.05, 0.1) is 10.6 Å². The van der Waals surface area contributed by atoms with E-state index in [9.17, 15) is 9.90 Å². The SMILES string of the molecule is CC(C(=O)O)n1c(SCc2nc(-c3ccsc3)no2)nnc1-c1cccs1. The van der Waals surface area contributed by atoms with Crippen molar-refractivity contribution in [3.63, 3.8) is 0 Å². The second kappa shape index (κ2) is 7.62. The maximum absolute atomic E-state index is 11.6. The van der Waals surface area contributed by atoms with Crippen LogP contribution in [0.1, 0.15) is 18.9 Å². The lowest BCUT2D eigenvalue weighted by Gasteiger charge is -2.13. The minimum absolute atomic E-state index is 0.367. The first-order valence-electron chi connectivity index (χ1n) is 7.83. The highest BCUT2D eigenvalue weighted by molar-refractivity contribution is 7.98. The molecule has 0 saturated heterocycles. The molecule has 0 fully saturated rings. The van der Waals surface area contributed by atoms with E-state index in [-0.39, 0.29) is 0 Å². The Morgan fingerprint density at radius 3 is 2.96 bits per heavy atom. The van der Waals surface area contributed by atoms with Gasteiger partial charge in [0.2, 0.25) is 11.7 Å². The lowest BCUT2D eigenvalue weighted by molar-refractivity contribution is -0.140. The predicted molar refractivity (Wildman–Crippen MR) is 103 cm³/mol. The fourth-order valence-electron chi connectivity index (χ4n) is 2.36. The van der Waals surface area contributed by atoms with Gasteiger partial charge in [0, 0.05) is 10.9 Å². The molecular weight excluding hydrogens is 406 g/mol. The molecule has 0 aromatic carbocycles. The first kappa shape index (κ1) is 17.9. The monoisotopic (exact) mass is 419 g/mol. The van der Waals surface area contributed by atoms with Crippen LogP contribution in [0.4, 0.5) is 0 Å². The topological polar surface area (TPSA) is 107 Å². The maximum atomic E-state index is 11.6. The molecule has 27 heavy (non-hydrogen) atoms. The number of hydrogen-bond acceptors (Lipinski definition) is 9. The maximum Gasteiger partial charge on any atom is 0.326 e. The summed E-state index contributed by atoms with van der Waals surface area (Å²) < 4.78 is 6.91. The minimum atomic E-state index is -0.952. The Morgan fingerprint density at radius 2 is 2.26 bits per heavy atom. The van der Waals surface area contributed by atoms with Crippen LogP contribution in [0.3, 0.4) is 0 Å². The van der Waals surface area contributed by atoms with Crippen LogP contribution in [0.2, 0.25) is 0 Å². The van der Waals surface area contributed by atoms with E-state index < -0.39 is 12.0 Å². The molecule has 1 N–H and O–H groups in total. The molecule has 0 aliphatic heterocycles. The molecule has 0 aliphatic rings.